The SMILES string of the molecule is O=C(CCN1C(=O)c2ccccc2C1=O)N1CCC(C(=O)N2CCCCCC2)CC1. The highest BCUT2D eigenvalue weighted by Gasteiger charge is 2.36. The lowest BCUT2D eigenvalue weighted by molar-refractivity contribution is -0.140. The molecule has 2 fully saturated rings. The Morgan fingerprint density at radius 2 is 1.37 bits per heavy atom. The Bertz CT molecular complexity index is 802. The Morgan fingerprint density at radius 1 is 0.800 bits per heavy atom. The van der Waals surface area contributed by atoms with Gasteiger partial charge in [0, 0.05) is 45.1 Å². The monoisotopic (exact) mass is 411 g/mol. The largest absolute Gasteiger partial charge is 0.343 e. The fraction of sp³-hybridized carbons (Fsp3) is 0.565. The first-order chi connectivity index (χ1) is 14.6. The standard InChI is InChI=1S/C23H29N3O4/c27-20(11-16-26-22(29)18-7-3-4-8-19(18)23(26)30)24-14-9-17(10-15-24)21(28)25-12-5-1-2-6-13-25/h3-4,7-8,17H,1-2,5-6,9-16H2. The molecule has 0 spiro atoms. The van der Waals surface area contributed by atoms with Crippen molar-refractivity contribution in [2.45, 2.75) is 44.9 Å². The van der Waals surface area contributed by atoms with E-state index in [1.807, 2.05) is 4.90 Å². The number of hydrogen-bond donors (Lipinski definition) is 0. The first kappa shape index (κ1) is 20.6. The normalized spacial score (nSPS) is 20.3. The van der Waals surface area contributed by atoms with Gasteiger partial charge in [0.25, 0.3) is 11.8 Å². The number of rotatable bonds is 4. The van der Waals surface area contributed by atoms with E-state index in [1.54, 1.807) is 29.2 Å². The summed E-state index contributed by atoms with van der Waals surface area (Å²) in [6.45, 7) is 2.94. The predicted octanol–water partition coefficient (Wildman–Crippen LogP) is 2.31. The molecule has 0 N–H and O–H groups in total. The second kappa shape index (κ2) is 8.98. The Kier molecular flexibility index (Phi) is 6.16. The Morgan fingerprint density at radius 3 is 1.93 bits per heavy atom. The van der Waals surface area contributed by atoms with Crippen molar-refractivity contribution in [1.82, 2.24) is 14.7 Å². The van der Waals surface area contributed by atoms with E-state index < -0.39 is 0 Å². The van der Waals surface area contributed by atoms with E-state index in [2.05, 4.69) is 0 Å². The first-order valence-corrected chi connectivity index (χ1v) is 11.1. The van der Waals surface area contributed by atoms with Gasteiger partial charge >= 0.3 is 0 Å². The summed E-state index contributed by atoms with van der Waals surface area (Å²) in [6, 6.07) is 6.75. The van der Waals surface area contributed by atoms with Crippen LogP contribution in [0, 0.1) is 5.92 Å². The molecule has 0 radical (unpaired) electrons. The number of benzene rings is 1. The zero-order chi connectivity index (χ0) is 21.1. The molecule has 0 saturated carbocycles. The highest BCUT2D eigenvalue weighted by Crippen LogP contribution is 2.24. The second-order valence-corrected chi connectivity index (χ2v) is 8.45. The summed E-state index contributed by atoms with van der Waals surface area (Å²) in [7, 11) is 0. The Hall–Kier alpha value is -2.70. The van der Waals surface area contributed by atoms with E-state index in [0.29, 0.717) is 37.1 Å². The number of likely N-dealkylation sites (tertiary alicyclic amines) is 2. The maximum Gasteiger partial charge on any atom is 0.261 e. The van der Waals surface area contributed by atoms with E-state index in [1.165, 1.54) is 12.8 Å². The van der Waals surface area contributed by atoms with E-state index in [9.17, 15) is 19.2 Å². The molecule has 0 bridgehead atoms. The highest BCUT2D eigenvalue weighted by atomic mass is 16.2. The van der Waals surface area contributed by atoms with Crippen LogP contribution in [0.25, 0.3) is 0 Å². The number of piperidine rings is 1. The van der Waals surface area contributed by atoms with Crippen molar-refractivity contribution in [2.24, 2.45) is 5.92 Å². The fourth-order valence-electron chi connectivity index (χ4n) is 4.73. The molecule has 0 unspecified atom stereocenters. The van der Waals surface area contributed by atoms with Crippen LogP contribution in [0.2, 0.25) is 0 Å². The lowest BCUT2D eigenvalue weighted by Crippen LogP contribution is -2.45. The van der Waals surface area contributed by atoms with Gasteiger partial charge in [0.05, 0.1) is 11.1 Å². The number of nitrogens with zero attached hydrogens (tertiary/aromatic N) is 3. The zero-order valence-electron chi connectivity index (χ0n) is 17.3. The van der Waals surface area contributed by atoms with Gasteiger partial charge in [-0.2, -0.15) is 0 Å². The van der Waals surface area contributed by atoms with Crippen LogP contribution in [-0.2, 0) is 9.59 Å². The molecule has 0 aliphatic carbocycles. The van der Waals surface area contributed by atoms with Crippen molar-refractivity contribution < 1.29 is 19.2 Å². The quantitative estimate of drug-likeness (QED) is 0.713. The number of hydrogen-bond acceptors (Lipinski definition) is 4. The predicted molar refractivity (Wildman–Crippen MR) is 111 cm³/mol. The minimum absolute atomic E-state index is 0.00314. The van der Waals surface area contributed by atoms with Gasteiger partial charge in [-0.05, 0) is 37.8 Å². The average molecular weight is 412 g/mol. The van der Waals surface area contributed by atoms with Crippen molar-refractivity contribution in [2.75, 3.05) is 32.7 Å². The van der Waals surface area contributed by atoms with Crippen molar-refractivity contribution in [1.29, 1.82) is 0 Å². The number of fused-ring (bicyclic) bond motifs is 1. The molecular weight excluding hydrogens is 382 g/mol. The minimum atomic E-state index is -0.329. The van der Waals surface area contributed by atoms with Crippen LogP contribution in [0.1, 0.15) is 65.7 Å². The molecule has 30 heavy (non-hydrogen) atoms. The molecule has 0 atom stereocenters. The third kappa shape index (κ3) is 4.11. The van der Waals surface area contributed by atoms with Crippen molar-refractivity contribution in [3.8, 4) is 0 Å². The van der Waals surface area contributed by atoms with Crippen molar-refractivity contribution in [3.63, 3.8) is 0 Å². The number of imide groups is 1. The van der Waals surface area contributed by atoms with Crippen LogP contribution in [0.3, 0.4) is 0 Å². The van der Waals surface area contributed by atoms with Gasteiger partial charge in [0.2, 0.25) is 11.8 Å². The molecule has 3 aliphatic heterocycles. The summed E-state index contributed by atoms with van der Waals surface area (Å²) in [6.07, 6.45) is 6.06. The average Bonchev–Trinajstić information content (AvgIpc) is 2.96. The van der Waals surface area contributed by atoms with E-state index in [0.717, 1.165) is 30.8 Å². The van der Waals surface area contributed by atoms with Gasteiger partial charge in [0.15, 0.2) is 0 Å². The van der Waals surface area contributed by atoms with Crippen LogP contribution in [0.4, 0.5) is 0 Å². The molecule has 4 rings (SSSR count). The molecule has 3 heterocycles. The summed E-state index contributed by atoms with van der Waals surface area (Å²) >= 11 is 0. The second-order valence-electron chi connectivity index (χ2n) is 8.45. The summed E-state index contributed by atoms with van der Waals surface area (Å²) < 4.78 is 0. The molecule has 2 saturated heterocycles. The lowest BCUT2D eigenvalue weighted by atomic mass is 9.95. The van der Waals surface area contributed by atoms with E-state index in [4.69, 9.17) is 0 Å². The molecule has 7 heteroatoms. The number of amides is 4. The molecule has 4 amide bonds. The number of carbonyl (C=O) groups excluding carboxylic acids is 4. The molecule has 160 valence electrons. The molecule has 3 aliphatic rings. The van der Waals surface area contributed by atoms with Crippen molar-refractivity contribution >= 4 is 23.6 Å². The molecule has 1 aromatic carbocycles. The van der Waals surface area contributed by atoms with Crippen molar-refractivity contribution in [3.05, 3.63) is 35.4 Å². The lowest BCUT2D eigenvalue weighted by Gasteiger charge is -2.34. The molecule has 1 aromatic rings. The smallest absolute Gasteiger partial charge is 0.261 e. The van der Waals surface area contributed by atoms with Crippen LogP contribution >= 0.6 is 0 Å². The van der Waals surface area contributed by atoms with Gasteiger partial charge in [-0.25, -0.2) is 0 Å². The van der Waals surface area contributed by atoms with Crippen LogP contribution in [-0.4, -0.2) is 71.1 Å². The maximum absolute atomic E-state index is 12.8. The third-order valence-electron chi connectivity index (χ3n) is 6.54. The Balaban J connectivity index is 1.26. The number of carbonyl (C=O) groups is 4. The minimum Gasteiger partial charge on any atom is -0.343 e. The van der Waals surface area contributed by atoms with E-state index in [-0.39, 0.29) is 42.5 Å². The summed E-state index contributed by atoms with van der Waals surface area (Å²) in [4.78, 5) is 55.2. The van der Waals surface area contributed by atoms with Gasteiger partial charge in [-0.1, -0.05) is 25.0 Å². The van der Waals surface area contributed by atoms with Gasteiger partial charge < -0.3 is 9.80 Å². The molecule has 0 aromatic heterocycles. The fourth-order valence-corrected chi connectivity index (χ4v) is 4.73. The van der Waals surface area contributed by atoms with Crippen LogP contribution in [0.15, 0.2) is 24.3 Å². The van der Waals surface area contributed by atoms with Crippen LogP contribution in [0.5, 0.6) is 0 Å². The third-order valence-corrected chi connectivity index (χ3v) is 6.54. The highest BCUT2D eigenvalue weighted by molar-refractivity contribution is 6.21. The van der Waals surface area contributed by atoms with Crippen LogP contribution < -0.4 is 0 Å². The summed E-state index contributed by atoms with van der Waals surface area (Å²) in [5.74, 6) is -0.471. The first-order valence-electron chi connectivity index (χ1n) is 11.1. The van der Waals surface area contributed by atoms with Gasteiger partial charge in [0.1, 0.15) is 0 Å². The maximum atomic E-state index is 12.8. The molecular formula is C23H29N3O4. The van der Waals surface area contributed by atoms with Gasteiger partial charge in [-0.15, -0.1) is 0 Å². The summed E-state index contributed by atoms with van der Waals surface area (Å²) in [5.41, 5.74) is 0.811. The van der Waals surface area contributed by atoms with E-state index >= 15 is 0 Å². The topological polar surface area (TPSA) is 78.0 Å². The molecule has 7 nitrogen and oxygen atoms in total. The Labute approximate surface area is 177 Å². The summed E-state index contributed by atoms with van der Waals surface area (Å²) in [5, 5.41) is 0. The van der Waals surface area contributed by atoms with Gasteiger partial charge in [-0.3, -0.25) is 24.1 Å². The zero-order valence-corrected chi connectivity index (χ0v) is 17.3.